The number of nitrogens with zero attached hydrogens (tertiary/aromatic N) is 1. The molecule has 0 aliphatic carbocycles. The molecular formula is C15H14FNO3. The van der Waals surface area contributed by atoms with Gasteiger partial charge in [0.1, 0.15) is 5.82 Å². The Morgan fingerprint density at radius 2 is 2.20 bits per heavy atom. The molecule has 2 saturated heterocycles. The van der Waals surface area contributed by atoms with Crippen molar-refractivity contribution in [2.75, 3.05) is 18.1 Å². The van der Waals surface area contributed by atoms with E-state index in [1.165, 1.54) is 6.07 Å². The van der Waals surface area contributed by atoms with Crippen LogP contribution in [0.2, 0.25) is 0 Å². The van der Waals surface area contributed by atoms with Gasteiger partial charge in [0.15, 0.2) is 17.8 Å². The largest absolute Gasteiger partial charge is 0.457 e. The molecule has 20 heavy (non-hydrogen) atoms. The van der Waals surface area contributed by atoms with Gasteiger partial charge in [-0.05, 0) is 30.9 Å². The number of anilines is 1. The predicted molar refractivity (Wildman–Crippen MR) is 68.9 cm³/mol. The minimum Gasteiger partial charge on any atom is -0.457 e. The van der Waals surface area contributed by atoms with E-state index in [1.807, 2.05) is 4.90 Å². The second-order valence-electron chi connectivity index (χ2n) is 5.75. The minimum atomic E-state index is -1.11. The Hall–Kier alpha value is -1.91. The van der Waals surface area contributed by atoms with Crippen LogP contribution in [0.15, 0.2) is 18.2 Å². The highest BCUT2D eigenvalue weighted by Gasteiger charge is 2.62. The molecule has 0 radical (unpaired) electrons. The van der Waals surface area contributed by atoms with Gasteiger partial charge >= 0.3 is 5.97 Å². The molecule has 0 aromatic heterocycles. The van der Waals surface area contributed by atoms with Crippen molar-refractivity contribution in [2.45, 2.75) is 25.3 Å². The molecule has 1 spiro atoms. The molecule has 4 rings (SSSR count). The highest BCUT2D eigenvalue weighted by atomic mass is 19.1. The first-order chi connectivity index (χ1) is 9.64. The van der Waals surface area contributed by atoms with Crippen molar-refractivity contribution in [3.05, 3.63) is 29.6 Å². The standard InChI is InChI=1S/C15H14FNO3/c16-10-4-1-3-9-7-15(12(18)8-20-14(15)19)11-5-2-6-17(11)13(9)10/h1,3-4,11H,2,5-8H2/t11-,15-/m0/s1. The molecule has 4 nitrogen and oxygen atoms in total. The fraction of sp³-hybridized carbons (Fsp3) is 0.467. The summed E-state index contributed by atoms with van der Waals surface area (Å²) in [7, 11) is 0. The summed E-state index contributed by atoms with van der Waals surface area (Å²) in [5, 5.41) is 0. The summed E-state index contributed by atoms with van der Waals surface area (Å²) in [5.74, 6) is -0.869. The van der Waals surface area contributed by atoms with E-state index in [4.69, 9.17) is 4.74 Å². The Labute approximate surface area is 115 Å². The number of cyclic esters (lactones) is 1. The smallest absolute Gasteiger partial charge is 0.322 e. The van der Waals surface area contributed by atoms with Crippen molar-refractivity contribution in [1.29, 1.82) is 0 Å². The van der Waals surface area contributed by atoms with E-state index < -0.39 is 11.4 Å². The number of Topliss-reactive ketones (excluding diaryl/α,β-unsaturated/α-hetero) is 1. The monoisotopic (exact) mass is 275 g/mol. The number of ether oxygens (including phenoxy) is 1. The summed E-state index contributed by atoms with van der Waals surface area (Å²) in [5.41, 5.74) is 0.181. The Morgan fingerprint density at radius 1 is 1.35 bits per heavy atom. The van der Waals surface area contributed by atoms with Crippen molar-refractivity contribution < 1.29 is 18.7 Å². The first-order valence-corrected chi connectivity index (χ1v) is 6.89. The molecule has 104 valence electrons. The highest BCUT2D eigenvalue weighted by molar-refractivity contribution is 6.11. The normalized spacial score (nSPS) is 31.4. The summed E-state index contributed by atoms with van der Waals surface area (Å²) in [4.78, 5) is 26.5. The zero-order chi connectivity index (χ0) is 13.9. The zero-order valence-corrected chi connectivity index (χ0v) is 10.9. The van der Waals surface area contributed by atoms with Crippen LogP contribution in [0.25, 0.3) is 0 Å². The Bertz CT molecular complexity index is 612. The van der Waals surface area contributed by atoms with Gasteiger partial charge in [-0.15, -0.1) is 0 Å². The number of carbonyl (C=O) groups excluding carboxylic acids is 2. The van der Waals surface area contributed by atoms with Gasteiger partial charge in [0.2, 0.25) is 0 Å². The Morgan fingerprint density at radius 3 is 2.95 bits per heavy atom. The lowest BCUT2D eigenvalue weighted by Crippen LogP contribution is -2.56. The van der Waals surface area contributed by atoms with Crippen LogP contribution in [-0.2, 0) is 20.7 Å². The van der Waals surface area contributed by atoms with Gasteiger partial charge in [0.05, 0.1) is 11.7 Å². The molecule has 0 unspecified atom stereocenters. The summed E-state index contributed by atoms with van der Waals surface area (Å²) < 4.78 is 19.1. The maximum absolute atomic E-state index is 14.1. The van der Waals surface area contributed by atoms with E-state index in [-0.39, 0.29) is 30.7 Å². The molecule has 0 N–H and O–H groups in total. The van der Waals surface area contributed by atoms with Gasteiger partial charge in [-0.1, -0.05) is 12.1 Å². The fourth-order valence-electron chi connectivity index (χ4n) is 3.98. The number of ketones is 1. The predicted octanol–water partition coefficient (Wildman–Crippen LogP) is 1.46. The van der Waals surface area contributed by atoms with Crippen molar-refractivity contribution in [1.82, 2.24) is 0 Å². The number of benzene rings is 1. The summed E-state index contributed by atoms with van der Waals surface area (Å²) in [6.07, 6.45) is 1.86. The molecule has 0 bridgehead atoms. The number of fused-ring (bicyclic) bond motifs is 4. The number of hydrogen-bond donors (Lipinski definition) is 0. The van der Waals surface area contributed by atoms with Crippen molar-refractivity contribution in [2.24, 2.45) is 5.41 Å². The van der Waals surface area contributed by atoms with E-state index in [0.29, 0.717) is 12.2 Å². The first kappa shape index (κ1) is 11.9. The van der Waals surface area contributed by atoms with Crippen molar-refractivity contribution in [3.8, 4) is 0 Å². The number of halogens is 1. The van der Waals surface area contributed by atoms with Crippen molar-refractivity contribution >= 4 is 17.4 Å². The van der Waals surface area contributed by atoms with E-state index in [2.05, 4.69) is 0 Å². The molecule has 5 heteroatoms. The van der Waals surface area contributed by atoms with Crippen LogP contribution < -0.4 is 4.90 Å². The van der Waals surface area contributed by atoms with E-state index in [9.17, 15) is 14.0 Å². The maximum Gasteiger partial charge on any atom is 0.322 e. The summed E-state index contributed by atoms with van der Waals surface area (Å²) in [6, 6.07) is 4.60. The molecule has 3 heterocycles. The average molecular weight is 275 g/mol. The number of para-hydroxylation sites is 1. The second-order valence-corrected chi connectivity index (χ2v) is 5.75. The van der Waals surface area contributed by atoms with Crippen LogP contribution in [0.5, 0.6) is 0 Å². The van der Waals surface area contributed by atoms with Gasteiger partial charge in [0.25, 0.3) is 0 Å². The molecule has 1 aromatic rings. The van der Waals surface area contributed by atoms with E-state index in [0.717, 1.165) is 18.4 Å². The third-order valence-corrected chi connectivity index (χ3v) is 4.84. The molecule has 0 saturated carbocycles. The molecule has 2 atom stereocenters. The lowest BCUT2D eigenvalue weighted by molar-refractivity contribution is -0.148. The van der Waals surface area contributed by atoms with Crippen LogP contribution in [0.3, 0.4) is 0 Å². The highest BCUT2D eigenvalue weighted by Crippen LogP contribution is 2.49. The SMILES string of the molecule is O=C1COC(=O)[C@]12Cc1cccc(F)c1N1CCC[C@H]12. The Kier molecular flexibility index (Phi) is 2.26. The number of carbonyl (C=O) groups is 2. The Balaban J connectivity index is 1.94. The van der Waals surface area contributed by atoms with Gasteiger partial charge in [-0.25, -0.2) is 4.39 Å². The molecule has 0 amide bonds. The van der Waals surface area contributed by atoms with Crippen LogP contribution >= 0.6 is 0 Å². The number of rotatable bonds is 0. The summed E-state index contributed by atoms with van der Waals surface area (Å²) in [6.45, 7) is 0.536. The molecule has 2 fully saturated rings. The van der Waals surface area contributed by atoms with Crippen LogP contribution in [0, 0.1) is 11.2 Å². The molecule has 3 aliphatic heterocycles. The average Bonchev–Trinajstić information content (AvgIpc) is 3.01. The molecular weight excluding hydrogens is 261 g/mol. The maximum atomic E-state index is 14.1. The first-order valence-electron chi connectivity index (χ1n) is 6.89. The van der Waals surface area contributed by atoms with Gasteiger partial charge in [-0.2, -0.15) is 0 Å². The molecule has 3 aliphatic rings. The topological polar surface area (TPSA) is 46.6 Å². The third-order valence-electron chi connectivity index (χ3n) is 4.84. The van der Waals surface area contributed by atoms with Gasteiger partial charge < -0.3 is 9.64 Å². The fourth-order valence-corrected chi connectivity index (χ4v) is 3.98. The number of esters is 1. The lowest BCUT2D eigenvalue weighted by Gasteiger charge is -2.43. The van der Waals surface area contributed by atoms with Gasteiger partial charge in [-0.3, -0.25) is 9.59 Å². The van der Waals surface area contributed by atoms with E-state index in [1.54, 1.807) is 12.1 Å². The summed E-state index contributed by atoms with van der Waals surface area (Å²) >= 11 is 0. The third kappa shape index (κ3) is 1.25. The van der Waals surface area contributed by atoms with Crippen LogP contribution in [0.1, 0.15) is 18.4 Å². The minimum absolute atomic E-state index is 0.145. The van der Waals surface area contributed by atoms with Crippen LogP contribution in [0.4, 0.5) is 10.1 Å². The second kappa shape index (κ2) is 3.81. The van der Waals surface area contributed by atoms with Crippen LogP contribution in [-0.4, -0.2) is 30.9 Å². The number of hydrogen-bond acceptors (Lipinski definition) is 4. The van der Waals surface area contributed by atoms with E-state index >= 15 is 0 Å². The zero-order valence-electron chi connectivity index (χ0n) is 10.9. The van der Waals surface area contributed by atoms with Gasteiger partial charge in [0, 0.05) is 6.54 Å². The quantitative estimate of drug-likeness (QED) is 0.531. The van der Waals surface area contributed by atoms with Crippen molar-refractivity contribution in [3.63, 3.8) is 0 Å². The molecule has 1 aromatic carbocycles. The lowest BCUT2D eigenvalue weighted by atomic mass is 9.69.